The van der Waals surface area contributed by atoms with Gasteiger partial charge in [-0.1, -0.05) is 12.1 Å². The molecular formula is C15H13F3N2O7S. The predicted molar refractivity (Wildman–Crippen MR) is 89.4 cm³/mol. The van der Waals surface area contributed by atoms with E-state index in [4.69, 9.17) is 9.47 Å². The first-order valence-corrected chi connectivity index (χ1v) is 8.72. The molecule has 9 nitrogen and oxygen atoms in total. The van der Waals surface area contributed by atoms with Gasteiger partial charge < -0.3 is 9.47 Å². The first-order chi connectivity index (χ1) is 13.0. The lowest BCUT2D eigenvalue weighted by Crippen LogP contribution is -2.37. The molecular weight excluding hydrogens is 409 g/mol. The lowest BCUT2D eigenvalue weighted by molar-refractivity contribution is -0.387. The predicted octanol–water partition coefficient (Wildman–Crippen LogP) is 3.26. The van der Waals surface area contributed by atoms with E-state index in [2.05, 4.69) is 4.84 Å². The molecule has 0 saturated heterocycles. The topological polar surface area (TPSA) is 108 Å². The van der Waals surface area contributed by atoms with Crippen LogP contribution in [0, 0.1) is 10.1 Å². The van der Waals surface area contributed by atoms with Gasteiger partial charge in [0.15, 0.2) is 16.4 Å². The number of hydrogen-bond donors (Lipinski definition) is 0. The Labute approximate surface area is 157 Å². The summed E-state index contributed by atoms with van der Waals surface area (Å²) < 4.78 is 73.8. The van der Waals surface area contributed by atoms with Crippen molar-refractivity contribution in [2.75, 3.05) is 18.7 Å². The molecule has 0 bridgehead atoms. The van der Waals surface area contributed by atoms with Crippen LogP contribution in [0.5, 0.6) is 11.5 Å². The molecule has 0 saturated carbocycles. The van der Waals surface area contributed by atoms with Crippen LogP contribution >= 0.6 is 0 Å². The van der Waals surface area contributed by atoms with Crippen LogP contribution in [0.2, 0.25) is 0 Å². The lowest BCUT2D eigenvalue weighted by atomic mass is 10.3. The summed E-state index contributed by atoms with van der Waals surface area (Å²) in [4.78, 5) is 12.8. The van der Waals surface area contributed by atoms with E-state index in [0.717, 1.165) is 36.4 Å². The molecule has 2 rings (SSSR count). The highest BCUT2D eigenvalue weighted by atomic mass is 32.2. The van der Waals surface area contributed by atoms with E-state index in [0.29, 0.717) is 0 Å². The Morgan fingerprint density at radius 1 is 1.04 bits per heavy atom. The van der Waals surface area contributed by atoms with Gasteiger partial charge in [0.25, 0.3) is 15.7 Å². The molecule has 0 amide bonds. The molecule has 0 unspecified atom stereocenters. The van der Waals surface area contributed by atoms with Crippen molar-refractivity contribution in [3.63, 3.8) is 0 Å². The van der Waals surface area contributed by atoms with E-state index in [9.17, 15) is 31.7 Å². The minimum Gasteiger partial charge on any atom is -0.493 e. The largest absolute Gasteiger partial charge is 0.544 e. The Balaban J connectivity index is 2.69. The van der Waals surface area contributed by atoms with E-state index >= 15 is 0 Å². The van der Waals surface area contributed by atoms with Crippen molar-refractivity contribution >= 4 is 21.4 Å². The molecule has 28 heavy (non-hydrogen) atoms. The van der Waals surface area contributed by atoms with E-state index < -0.39 is 42.0 Å². The van der Waals surface area contributed by atoms with Crippen LogP contribution in [-0.4, -0.2) is 33.9 Å². The maximum absolute atomic E-state index is 12.9. The van der Waals surface area contributed by atoms with Crippen molar-refractivity contribution in [3.8, 4) is 11.5 Å². The number of nitrogens with zero attached hydrogens (tertiary/aromatic N) is 2. The number of ether oxygens (including phenoxy) is 2. The minimum absolute atomic E-state index is 0.0893. The van der Waals surface area contributed by atoms with Crippen LogP contribution in [0.15, 0.2) is 47.4 Å². The van der Waals surface area contributed by atoms with Gasteiger partial charge in [0.1, 0.15) is 0 Å². The highest BCUT2D eigenvalue weighted by Crippen LogP contribution is 2.37. The fraction of sp³-hybridized carbons (Fsp3) is 0.200. The molecule has 152 valence electrons. The minimum atomic E-state index is -5.41. The molecule has 0 fully saturated rings. The molecule has 2 aromatic carbocycles. The number of para-hydroxylation sites is 1. The Morgan fingerprint density at radius 3 is 2.18 bits per heavy atom. The van der Waals surface area contributed by atoms with Gasteiger partial charge in [-0.2, -0.15) is 13.3 Å². The second-order valence-electron chi connectivity index (χ2n) is 5.03. The molecule has 0 spiro atoms. The monoisotopic (exact) mass is 422 g/mol. The number of alkyl halides is 3. The Morgan fingerprint density at radius 2 is 1.64 bits per heavy atom. The van der Waals surface area contributed by atoms with Crippen LogP contribution in [0.25, 0.3) is 0 Å². The van der Waals surface area contributed by atoms with Crippen LogP contribution < -0.4 is 13.9 Å². The van der Waals surface area contributed by atoms with Crippen molar-refractivity contribution in [3.05, 3.63) is 52.6 Å². The summed E-state index contributed by atoms with van der Waals surface area (Å²) in [5.41, 5.74) is -1.54. The van der Waals surface area contributed by atoms with E-state index in [-0.39, 0.29) is 11.5 Å². The Bertz CT molecular complexity index is 980. The van der Waals surface area contributed by atoms with Crippen LogP contribution in [0.4, 0.5) is 24.5 Å². The van der Waals surface area contributed by atoms with Gasteiger partial charge in [0.05, 0.1) is 24.8 Å². The molecule has 2 aromatic rings. The first kappa shape index (κ1) is 21.2. The molecule has 0 N–H and O–H groups in total. The summed E-state index contributed by atoms with van der Waals surface area (Å²) in [7, 11) is -2.70. The van der Waals surface area contributed by atoms with Gasteiger partial charge in [-0.25, -0.2) is 0 Å². The van der Waals surface area contributed by atoms with Gasteiger partial charge in [0.2, 0.25) is 0 Å². The summed E-state index contributed by atoms with van der Waals surface area (Å²) in [6, 6.07) is 6.95. The summed E-state index contributed by atoms with van der Waals surface area (Å²) >= 11 is 0. The molecule has 0 aliphatic rings. The van der Waals surface area contributed by atoms with E-state index in [1.165, 1.54) is 20.3 Å². The maximum atomic E-state index is 12.9. The number of hydrogen-bond acceptors (Lipinski definition) is 7. The van der Waals surface area contributed by atoms with Crippen molar-refractivity contribution < 1.29 is 40.8 Å². The fourth-order valence-corrected chi connectivity index (χ4v) is 3.60. The SMILES string of the molecule is COc1ccc(N(OC(F)(F)F)S(=O)(=O)c2ccccc2[N+](=O)[O-])cc1OC. The Hall–Kier alpha value is -3.06. The van der Waals surface area contributed by atoms with Crippen molar-refractivity contribution in [2.24, 2.45) is 0 Å². The number of halogens is 3. The zero-order valence-electron chi connectivity index (χ0n) is 14.3. The fourth-order valence-electron chi connectivity index (χ4n) is 2.19. The van der Waals surface area contributed by atoms with E-state index in [1.54, 1.807) is 0 Å². The number of rotatable bonds is 7. The average molecular weight is 422 g/mol. The normalized spacial score (nSPS) is 11.8. The highest BCUT2D eigenvalue weighted by molar-refractivity contribution is 7.92. The quantitative estimate of drug-likeness (QED) is 0.498. The zero-order valence-corrected chi connectivity index (χ0v) is 15.2. The average Bonchev–Trinajstić information content (AvgIpc) is 2.64. The third-order valence-corrected chi connectivity index (χ3v) is 4.95. The molecule has 0 heterocycles. The standard InChI is InChI=1S/C15H13F3N2O7S/c1-25-12-8-7-10(9-13(12)26-2)20(27-15(16,17)18)28(23,24)14-6-4-3-5-11(14)19(21)22/h3-9H,1-2H3. The first-order valence-electron chi connectivity index (χ1n) is 7.28. The number of methoxy groups -OCH3 is 2. The third kappa shape index (κ3) is 4.43. The Kier molecular flexibility index (Phi) is 5.99. The second-order valence-corrected chi connectivity index (χ2v) is 6.75. The van der Waals surface area contributed by atoms with Gasteiger partial charge in [0, 0.05) is 12.1 Å². The zero-order chi connectivity index (χ0) is 21.1. The number of sulfonamides is 1. The lowest BCUT2D eigenvalue weighted by Gasteiger charge is -2.24. The third-order valence-electron chi connectivity index (χ3n) is 3.32. The number of nitro groups is 1. The van der Waals surface area contributed by atoms with Gasteiger partial charge in [-0.3, -0.25) is 10.1 Å². The summed E-state index contributed by atoms with van der Waals surface area (Å²) in [5, 5.41) is 11.1. The summed E-state index contributed by atoms with van der Waals surface area (Å²) in [6.45, 7) is 0. The summed E-state index contributed by atoms with van der Waals surface area (Å²) in [5.74, 6) is 0.0230. The van der Waals surface area contributed by atoms with Crippen LogP contribution in [-0.2, 0) is 14.9 Å². The highest BCUT2D eigenvalue weighted by Gasteiger charge is 2.42. The summed E-state index contributed by atoms with van der Waals surface area (Å²) in [6.07, 6.45) is -5.41. The van der Waals surface area contributed by atoms with Gasteiger partial charge in [-0.05, 0) is 18.2 Å². The molecule has 0 aliphatic carbocycles. The van der Waals surface area contributed by atoms with E-state index in [1.807, 2.05) is 0 Å². The molecule has 0 atom stereocenters. The molecule has 0 radical (unpaired) electrons. The maximum Gasteiger partial charge on any atom is 0.544 e. The molecule has 13 heteroatoms. The number of benzene rings is 2. The molecule has 0 aromatic heterocycles. The second kappa shape index (κ2) is 7.90. The van der Waals surface area contributed by atoms with Crippen molar-refractivity contribution in [2.45, 2.75) is 11.3 Å². The van der Waals surface area contributed by atoms with Crippen LogP contribution in [0.1, 0.15) is 0 Å². The van der Waals surface area contributed by atoms with Crippen LogP contribution in [0.3, 0.4) is 0 Å². The number of nitro benzene ring substituents is 1. The van der Waals surface area contributed by atoms with Gasteiger partial charge in [-0.15, -0.1) is 17.6 Å². The smallest absolute Gasteiger partial charge is 0.493 e. The van der Waals surface area contributed by atoms with Crippen molar-refractivity contribution in [1.29, 1.82) is 0 Å². The molecule has 0 aliphatic heterocycles. The number of anilines is 1. The van der Waals surface area contributed by atoms with Gasteiger partial charge >= 0.3 is 6.36 Å². The van der Waals surface area contributed by atoms with Crippen molar-refractivity contribution in [1.82, 2.24) is 0 Å².